The minimum absolute atomic E-state index is 0.715. The highest BCUT2D eigenvalue weighted by atomic mass is 16.5. The fraction of sp³-hybridized carbons (Fsp3) is 0.273. The van der Waals surface area contributed by atoms with E-state index in [1.165, 1.54) is 5.56 Å². The maximum absolute atomic E-state index is 5.31. The van der Waals surface area contributed by atoms with E-state index in [1.807, 2.05) is 38.1 Å². The number of benzene rings is 1. The van der Waals surface area contributed by atoms with Crippen molar-refractivity contribution in [1.82, 2.24) is 0 Å². The van der Waals surface area contributed by atoms with Gasteiger partial charge in [0.1, 0.15) is 5.75 Å². The second-order valence-corrected chi connectivity index (χ2v) is 2.74. The Bertz CT molecular complexity index is 259. The van der Waals surface area contributed by atoms with Crippen LogP contribution in [0.1, 0.15) is 19.4 Å². The summed E-state index contributed by atoms with van der Waals surface area (Å²) in [6.45, 7) is 8.55. The quantitative estimate of drug-likeness (QED) is 0.663. The van der Waals surface area contributed by atoms with Gasteiger partial charge in [-0.1, -0.05) is 24.3 Å². The Kier molecular flexibility index (Phi) is 2.92. The van der Waals surface area contributed by atoms with Crippen molar-refractivity contribution in [2.75, 3.05) is 6.61 Å². The molecule has 0 atom stereocenters. The van der Waals surface area contributed by atoms with Gasteiger partial charge in [-0.2, -0.15) is 0 Å². The summed E-state index contributed by atoms with van der Waals surface area (Å²) in [5.74, 6) is 0.919. The summed E-state index contributed by atoms with van der Waals surface area (Å²) in [5.41, 5.74) is 2.25. The molecular weight excluding hydrogens is 148 g/mol. The predicted octanol–water partition coefficient (Wildman–Crippen LogP) is 3.12. The van der Waals surface area contributed by atoms with Crippen LogP contribution in [0.3, 0.4) is 0 Å². The molecule has 0 saturated heterocycles. The lowest BCUT2D eigenvalue weighted by Crippen LogP contribution is -1.90. The van der Waals surface area contributed by atoms with Crippen molar-refractivity contribution in [2.24, 2.45) is 0 Å². The zero-order valence-electron chi connectivity index (χ0n) is 7.63. The molecule has 0 amide bonds. The van der Waals surface area contributed by atoms with Gasteiger partial charge in [0.2, 0.25) is 0 Å². The minimum atomic E-state index is 0.715. The van der Waals surface area contributed by atoms with Gasteiger partial charge >= 0.3 is 0 Å². The molecule has 0 unspecified atom stereocenters. The summed E-state index contributed by atoms with van der Waals surface area (Å²) in [6, 6.07) is 7.97. The van der Waals surface area contributed by atoms with Gasteiger partial charge in [0.15, 0.2) is 0 Å². The number of allylic oxidation sites excluding steroid dienone is 1. The molecule has 1 heteroatoms. The molecule has 0 heterocycles. The van der Waals surface area contributed by atoms with Gasteiger partial charge in [-0.3, -0.25) is 0 Å². The number of rotatable bonds is 3. The molecule has 1 aromatic rings. The molecule has 1 aromatic carbocycles. The normalized spacial score (nSPS) is 9.50. The van der Waals surface area contributed by atoms with E-state index in [2.05, 4.69) is 6.58 Å². The van der Waals surface area contributed by atoms with Gasteiger partial charge in [0, 0.05) is 0 Å². The van der Waals surface area contributed by atoms with Crippen LogP contribution in [-0.4, -0.2) is 6.61 Å². The molecule has 12 heavy (non-hydrogen) atoms. The average molecular weight is 162 g/mol. The Hall–Kier alpha value is -1.24. The first-order valence-corrected chi connectivity index (χ1v) is 4.12. The summed E-state index contributed by atoms with van der Waals surface area (Å²) in [7, 11) is 0. The van der Waals surface area contributed by atoms with Crippen molar-refractivity contribution in [3.63, 3.8) is 0 Å². The lowest BCUT2D eigenvalue weighted by molar-refractivity contribution is 0.340. The van der Waals surface area contributed by atoms with Crippen molar-refractivity contribution in [3.8, 4) is 5.75 Å². The highest BCUT2D eigenvalue weighted by Gasteiger charge is 1.93. The predicted molar refractivity (Wildman–Crippen MR) is 52.3 cm³/mol. The van der Waals surface area contributed by atoms with Gasteiger partial charge < -0.3 is 4.74 Å². The Morgan fingerprint density at radius 3 is 2.33 bits per heavy atom. The van der Waals surface area contributed by atoms with Crippen LogP contribution in [-0.2, 0) is 0 Å². The van der Waals surface area contributed by atoms with Crippen molar-refractivity contribution < 1.29 is 4.74 Å². The van der Waals surface area contributed by atoms with E-state index in [0.29, 0.717) is 6.61 Å². The van der Waals surface area contributed by atoms with E-state index in [4.69, 9.17) is 4.74 Å². The number of hydrogen-bond acceptors (Lipinski definition) is 1. The summed E-state index contributed by atoms with van der Waals surface area (Å²) in [4.78, 5) is 0. The van der Waals surface area contributed by atoms with Crippen LogP contribution >= 0.6 is 0 Å². The average Bonchev–Trinajstić information content (AvgIpc) is 2.06. The molecule has 0 aliphatic rings. The monoisotopic (exact) mass is 162 g/mol. The molecule has 0 spiro atoms. The van der Waals surface area contributed by atoms with Crippen molar-refractivity contribution >= 4 is 5.57 Å². The smallest absolute Gasteiger partial charge is 0.119 e. The van der Waals surface area contributed by atoms with E-state index in [-0.39, 0.29) is 0 Å². The molecule has 64 valence electrons. The first-order valence-electron chi connectivity index (χ1n) is 4.12. The summed E-state index contributed by atoms with van der Waals surface area (Å²) >= 11 is 0. The van der Waals surface area contributed by atoms with Gasteiger partial charge in [0.05, 0.1) is 6.61 Å². The minimum Gasteiger partial charge on any atom is -0.494 e. The third-order valence-corrected chi connectivity index (χ3v) is 1.66. The Morgan fingerprint density at radius 1 is 1.33 bits per heavy atom. The molecule has 1 nitrogen and oxygen atoms in total. The molecule has 0 aliphatic heterocycles. The van der Waals surface area contributed by atoms with Gasteiger partial charge in [-0.05, 0) is 31.5 Å². The van der Waals surface area contributed by atoms with E-state index >= 15 is 0 Å². The van der Waals surface area contributed by atoms with E-state index in [0.717, 1.165) is 11.3 Å². The van der Waals surface area contributed by atoms with Crippen LogP contribution in [0.15, 0.2) is 30.8 Å². The molecule has 0 fully saturated rings. The van der Waals surface area contributed by atoms with Crippen LogP contribution in [0.5, 0.6) is 5.75 Å². The maximum Gasteiger partial charge on any atom is 0.119 e. The van der Waals surface area contributed by atoms with E-state index < -0.39 is 0 Å². The van der Waals surface area contributed by atoms with Crippen LogP contribution in [0.4, 0.5) is 0 Å². The molecule has 0 aromatic heterocycles. The summed E-state index contributed by atoms with van der Waals surface area (Å²) in [6.07, 6.45) is 0. The fourth-order valence-electron chi connectivity index (χ4n) is 1.00. The molecule has 0 radical (unpaired) electrons. The number of hydrogen-bond donors (Lipinski definition) is 0. The standard InChI is InChI=1S/C11H14O/c1-4-12-11-7-5-10(6-8-11)9(2)3/h5-8H,2,4H2,1,3H3. The molecule has 0 bridgehead atoms. The van der Waals surface area contributed by atoms with Crippen molar-refractivity contribution in [1.29, 1.82) is 0 Å². The van der Waals surface area contributed by atoms with Gasteiger partial charge in [0.25, 0.3) is 0 Å². The third-order valence-electron chi connectivity index (χ3n) is 1.66. The number of ether oxygens (including phenoxy) is 1. The van der Waals surface area contributed by atoms with Gasteiger partial charge in [-0.25, -0.2) is 0 Å². The largest absolute Gasteiger partial charge is 0.494 e. The summed E-state index contributed by atoms with van der Waals surface area (Å²) < 4.78 is 5.31. The van der Waals surface area contributed by atoms with E-state index in [9.17, 15) is 0 Å². The molecule has 0 N–H and O–H groups in total. The van der Waals surface area contributed by atoms with Crippen LogP contribution < -0.4 is 4.74 Å². The van der Waals surface area contributed by atoms with Crippen LogP contribution in [0.25, 0.3) is 5.57 Å². The first kappa shape index (κ1) is 8.85. The molecule has 0 saturated carbocycles. The zero-order valence-corrected chi connectivity index (χ0v) is 7.63. The molecule has 0 aliphatic carbocycles. The van der Waals surface area contributed by atoms with Crippen molar-refractivity contribution in [3.05, 3.63) is 36.4 Å². The molecule has 1 rings (SSSR count). The topological polar surface area (TPSA) is 9.23 Å². The van der Waals surface area contributed by atoms with Crippen LogP contribution in [0, 0.1) is 0 Å². The lowest BCUT2D eigenvalue weighted by Gasteiger charge is -2.03. The third kappa shape index (κ3) is 2.12. The fourth-order valence-corrected chi connectivity index (χ4v) is 1.00. The highest BCUT2D eigenvalue weighted by molar-refractivity contribution is 5.61. The maximum atomic E-state index is 5.31. The van der Waals surface area contributed by atoms with Crippen molar-refractivity contribution in [2.45, 2.75) is 13.8 Å². The second kappa shape index (κ2) is 3.96. The first-order chi connectivity index (χ1) is 5.74. The lowest BCUT2D eigenvalue weighted by atomic mass is 10.1. The van der Waals surface area contributed by atoms with Gasteiger partial charge in [-0.15, -0.1) is 0 Å². The zero-order chi connectivity index (χ0) is 8.97. The Balaban J connectivity index is 2.78. The molecular formula is C11H14O. The summed E-state index contributed by atoms with van der Waals surface area (Å²) in [5, 5.41) is 0. The highest BCUT2D eigenvalue weighted by Crippen LogP contribution is 2.16. The van der Waals surface area contributed by atoms with Crippen LogP contribution in [0.2, 0.25) is 0 Å². The van der Waals surface area contributed by atoms with E-state index in [1.54, 1.807) is 0 Å². The second-order valence-electron chi connectivity index (χ2n) is 2.74. The Morgan fingerprint density at radius 2 is 1.92 bits per heavy atom. The Labute approximate surface area is 73.7 Å². The SMILES string of the molecule is C=C(C)c1ccc(OCC)cc1.